The molecule has 1 aliphatic rings. The second kappa shape index (κ2) is 5.83. The Kier molecular flexibility index (Phi) is 4.03. The summed E-state index contributed by atoms with van der Waals surface area (Å²) in [6.45, 7) is 0.319. The van der Waals surface area contributed by atoms with Gasteiger partial charge in [0.15, 0.2) is 0 Å². The number of hydrogen-bond acceptors (Lipinski definition) is 4. The van der Waals surface area contributed by atoms with Crippen molar-refractivity contribution in [3.63, 3.8) is 0 Å². The van der Waals surface area contributed by atoms with Gasteiger partial charge in [-0.15, -0.1) is 0 Å². The average Bonchev–Trinajstić information content (AvgIpc) is 3.18. The van der Waals surface area contributed by atoms with Crippen LogP contribution in [0.5, 0.6) is 0 Å². The number of hydrogen-bond donors (Lipinski definition) is 2. The smallest absolute Gasteiger partial charge is 0.244 e. The highest BCUT2D eigenvalue weighted by atomic mass is 32.2. The van der Waals surface area contributed by atoms with Crippen LogP contribution in [0.4, 0.5) is 0 Å². The Hall–Kier alpha value is -1.70. The summed E-state index contributed by atoms with van der Waals surface area (Å²) >= 11 is 0. The highest BCUT2D eigenvalue weighted by Gasteiger charge is 2.37. The van der Waals surface area contributed by atoms with Crippen LogP contribution in [0.1, 0.15) is 25.7 Å². The van der Waals surface area contributed by atoms with Crippen molar-refractivity contribution >= 4 is 10.0 Å². The maximum Gasteiger partial charge on any atom is 0.244 e. The van der Waals surface area contributed by atoms with Crippen molar-refractivity contribution in [1.82, 2.24) is 14.5 Å². The lowest BCUT2D eigenvalue weighted by Gasteiger charge is -2.27. The van der Waals surface area contributed by atoms with Crippen LogP contribution in [0.25, 0.3) is 5.69 Å². The maximum atomic E-state index is 12.6. The molecule has 3 rings (SSSR count). The predicted molar refractivity (Wildman–Crippen MR) is 84.1 cm³/mol. The van der Waals surface area contributed by atoms with Crippen molar-refractivity contribution in [2.24, 2.45) is 5.73 Å². The summed E-state index contributed by atoms with van der Waals surface area (Å²) in [5.74, 6) is 0. The molecule has 1 aromatic carbocycles. The standard InChI is InChI=1S/C15H20N4O2S/c16-12-15(8-4-5-9-15)18-22(20,21)14-10-17-19(11-14)13-6-2-1-3-7-13/h1-3,6-7,10-11,18H,4-5,8-9,12,16H2. The quantitative estimate of drug-likeness (QED) is 0.872. The molecule has 3 N–H and O–H groups in total. The summed E-state index contributed by atoms with van der Waals surface area (Å²) in [6, 6.07) is 9.40. The number of rotatable bonds is 5. The topological polar surface area (TPSA) is 90.0 Å². The summed E-state index contributed by atoms with van der Waals surface area (Å²) in [6.07, 6.45) is 6.47. The van der Waals surface area contributed by atoms with Gasteiger partial charge in [-0.1, -0.05) is 31.0 Å². The molecule has 0 amide bonds. The van der Waals surface area contributed by atoms with Crippen LogP contribution >= 0.6 is 0 Å². The van der Waals surface area contributed by atoms with E-state index in [1.165, 1.54) is 12.4 Å². The van der Waals surface area contributed by atoms with Crippen LogP contribution in [0.15, 0.2) is 47.6 Å². The molecule has 0 aliphatic heterocycles. The van der Waals surface area contributed by atoms with E-state index in [0.717, 1.165) is 31.4 Å². The lowest BCUT2D eigenvalue weighted by Crippen LogP contribution is -2.51. The van der Waals surface area contributed by atoms with E-state index in [9.17, 15) is 8.42 Å². The number of benzene rings is 1. The lowest BCUT2D eigenvalue weighted by molar-refractivity contribution is 0.399. The van der Waals surface area contributed by atoms with E-state index in [2.05, 4.69) is 9.82 Å². The zero-order valence-corrected chi connectivity index (χ0v) is 13.1. The number of nitrogens with two attached hydrogens (primary N) is 1. The minimum Gasteiger partial charge on any atom is -0.329 e. The molecule has 0 saturated heterocycles. The number of para-hydroxylation sites is 1. The summed E-state index contributed by atoms with van der Waals surface area (Å²) in [5, 5.41) is 4.14. The van der Waals surface area contributed by atoms with Crippen LogP contribution < -0.4 is 10.5 Å². The van der Waals surface area contributed by atoms with Crippen LogP contribution in [-0.4, -0.2) is 30.3 Å². The average molecular weight is 320 g/mol. The zero-order chi connectivity index (χ0) is 15.6. The molecule has 0 spiro atoms. The normalized spacial score (nSPS) is 17.7. The van der Waals surface area contributed by atoms with Gasteiger partial charge in [0.1, 0.15) is 4.90 Å². The Morgan fingerprint density at radius 1 is 1.23 bits per heavy atom. The molecular formula is C15H20N4O2S. The summed E-state index contributed by atoms with van der Waals surface area (Å²) in [7, 11) is -3.61. The van der Waals surface area contributed by atoms with E-state index in [1.807, 2.05) is 30.3 Å². The Bertz CT molecular complexity index is 734. The molecule has 0 atom stereocenters. The van der Waals surface area contributed by atoms with Crippen LogP contribution in [0, 0.1) is 0 Å². The van der Waals surface area contributed by atoms with E-state index in [0.29, 0.717) is 6.54 Å². The largest absolute Gasteiger partial charge is 0.329 e. The molecule has 1 aliphatic carbocycles. The molecule has 118 valence electrons. The van der Waals surface area contributed by atoms with Gasteiger partial charge in [0.05, 0.1) is 18.1 Å². The van der Waals surface area contributed by atoms with Crippen molar-refractivity contribution in [1.29, 1.82) is 0 Å². The molecule has 1 heterocycles. The van der Waals surface area contributed by atoms with Gasteiger partial charge in [-0.05, 0) is 25.0 Å². The number of aromatic nitrogens is 2. The molecular weight excluding hydrogens is 300 g/mol. The fourth-order valence-corrected chi connectivity index (χ4v) is 4.31. The third kappa shape index (κ3) is 2.92. The number of nitrogens with zero attached hydrogens (tertiary/aromatic N) is 2. The molecule has 7 heteroatoms. The van der Waals surface area contributed by atoms with E-state index in [4.69, 9.17) is 5.73 Å². The Morgan fingerprint density at radius 2 is 1.91 bits per heavy atom. The first-order valence-electron chi connectivity index (χ1n) is 7.39. The zero-order valence-electron chi connectivity index (χ0n) is 12.3. The van der Waals surface area contributed by atoms with Gasteiger partial charge < -0.3 is 5.73 Å². The second-order valence-electron chi connectivity index (χ2n) is 5.75. The number of nitrogens with one attached hydrogen (secondary N) is 1. The van der Waals surface area contributed by atoms with E-state index in [1.54, 1.807) is 4.68 Å². The van der Waals surface area contributed by atoms with Gasteiger partial charge in [-0.2, -0.15) is 5.10 Å². The predicted octanol–water partition coefficient (Wildman–Crippen LogP) is 1.42. The van der Waals surface area contributed by atoms with Crippen molar-refractivity contribution in [3.8, 4) is 5.69 Å². The Balaban J connectivity index is 1.86. The van der Waals surface area contributed by atoms with Gasteiger partial charge in [0.2, 0.25) is 10.0 Å². The van der Waals surface area contributed by atoms with Gasteiger partial charge >= 0.3 is 0 Å². The van der Waals surface area contributed by atoms with Gasteiger partial charge in [-0.3, -0.25) is 0 Å². The molecule has 0 unspecified atom stereocenters. The van der Waals surface area contributed by atoms with Gasteiger partial charge in [-0.25, -0.2) is 17.8 Å². The fourth-order valence-electron chi connectivity index (χ4n) is 2.91. The SMILES string of the molecule is NCC1(NS(=O)(=O)c2cnn(-c3ccccc3)c2)CCCC1. The highest BCUT2D eigenvalue weighted by Crippen LogP contribution is 2.30. The Morgan fingerprint density at radius 3 is 2.55 bits per heavy atom. The van der Waals surface area contributed by atoms with Gasteiger partial charge in [0.25, 0.3) is 0 Å². The molecule has 1 fully saturated rings. The third-order valence-corrected chi connectivity index (χ3v) is 5.73. The summed E-state index contributed by atoms with van der Waals surface area (Å²) in [4.78, 5) is 0.163. The first-order chi connectivity index (χ1) is 10.5. The van der Waals surface area contributed by atoms with Crippen molar-refractivity contribution in [2.75, 3.05) is 6.54 Å². The van der Waals surface area contributed by atoms with Crippen molar-refractivity contribution in [2.45, 2.75) is 36.1 Å². The lowest BCUT2D eigenvalue weighted by atomic mass is 10.0. The summed E-state index contributed by atoms with van der Waals surface area (Å²) in [5.41, 5.74) is 6.11. The minimum atomic E-state index is -3.61. The first-order valence-corrected chi connectivity index (χ1v) is 8.87. The first kappa shape index (κ1) is 15.2. The van der Waals surface area contributed by atoms with Crippen molar-refractivity contribution in [3.05, 3.63) is 42.7 Å². The molecule has 0 radical (unpaired) electrons. The second-order valence-corrected chi connectivity index (χ2v) is 7.44. The summed E-state index contributed by atoms with van der Waals surface area (Å²) < 4.78 is 29.5. The Labute approximate surface area is 130 Å². The molecule has 1 aromatic heterocycles. The molecule has 1 saturated carbocycles. The highest BCUT2D eigenvalue weighted by molar-refractivity contribution is 7.89. The van der Waals surface area contributed by atoms with E-state index < -0.39 is 15.6 Å². The maximum absolute atomic E-state index is 12.6. The monoisotopic (exact) mass is 320 g/mol. The van der Waals surface area contributed by atoms with Crippen molar-refractivity contribution < 1.29 is 8.42 Å². The third-order valence-electron chi connectivity index (χ3n) is 4.19. The van der Waals surface area contributed by atoms with E-state index in [-0.39, 0.29) is 4.90 Å². The molecule has 0 bridgehead atoms. The fraction of sp³-hybridized carbons (Fsp3) is 0.400. The van der Waals surface area contributed by atoms with Gasteiger partial charge in [0, 0.05) is 12.1 Å². The van der Waals surface area contributed by atoms with E-state index >= 15 is 0 Å². The molecule has 22 heavy (non-hydrogen) atoms. The molecule has 6 nitrogen and oxygen atoms in total. The van der Waals surface area contributed by atoms with Crippen LogP contribution in [-0.2, 0) is 10.0 Å². The van der Waals surface area contributed by atoms with Crippen LogP contribution in [0.2, 0.25) is 0 Å². The van der Waals surface area contributed by atoms with Crippen LogP contribution in [0.3, 0.4) is 0 Å². The minimum absolute atomic E-state index is 0.163. The number of sulfonamides is 1. The molecule has 2 aromatic rings.